The molecule has 0 fully saturated rings. The molecule has 0 nitrogen and oxygen atoms in total. The summed E-state index contributed by atoms with van der Waals surface area (Å²) in [6.45, 7) is 32.1. The van der Waals surface area contributed by atoms with Gasteiger partial charge in [-0.05, 0) is 0 Å². The molecular weight excluding hydrogens is 441 g/mol. The molecule has 2 aromatic rings. The molecule has 32 heavy (non-hydrogen) atoms. The zero-order valence-corrected chi connectivity index (χ0v) is 26.1. The zero-order chi connectivity index (χ0) is 24.6. The monoisotopic (exact) mass is 492 g/mol. The summed E-state index contributed by atoms with van der Waals surface area (Å²) < 4.78 is 0. The normalized spacial score (nSPS) is 15.2. The van der Waals surface area contributed by atoms with E-state index in [1.807, 2.05) is 0 Å². The van der Waals surface area contributed by atoms with Crippen molar-refractivity contribution in [3.63, 3.8) is 0 Å². The Hall–Kier alpha value is -0.270. The predicted octanol–water partition coefficient (Wildman–Crippen LogP) is 7.01. The van der Waals surface area contributed by atoms with Crippen molar-refractivity contribution >= 4 is 43.7 Å². The first kappa shape index (κ1) is 28.0. The van der Waals surface area contributed by atoms with E-state index in [4.69, 9.17) is 0 Å². The third-order valence-electron chi connectivity index (χ3n) is 8.98. The molecule has 0 aromatic heterocycles. The molecule has 0 bridgehead atoms. The van der Waals surface area contributed by atoms with Crippen LogP contribution >= 0.6 is 22.4 Å². The summed E-state index contributed by atoms with van der Waals surface area (Å²) in [5.74, 6) is 0. The van der Waals surface area contributed by atoms with Crippen LogP contribution in [0.2, 0.25) is 0 Å². The fourth-order valence-corrected chi connectivity index (χ4v) is 17.1. The SMILES string of the molecule is Cc1ccc(P(C)c2ccc(C)cc2[PH](C)(C(C)C)C(C)C)c([PH](C)(C(C)C)C(C)C)c1. The molecule has 3 heteroatoms. The van der Waals surface area contributed by atoms with Crippen LogP contribution in [0.5, 0.6) is 0 Å². The summed E-state index contributed by atoms with van der Waals surface area (Å²) in [5.41, 5.74) is 5.76. The van der Waals surface area contributed by atoms with Crippen LogP contribution in [-0.4, -0.2) is 42.6 Å². The van der Waals surface area contributed by atoms with Gasteiger partial charge < -0.3 is 0 Å². The molecule has 0 saturated carbocycles. The van der Waals surface area contributed by atoms with Crippen molar-refractivity contribution in [2.24, 2.45) is 0 Å². The molecule has 0 amide bonds. The maximum atomic E-state index is 2.64. The van der Waals surface area contributed by atoms with Crippen LogP contribution in [0.4, 0.5) is 0 Å². The Morgan fingerprint density at radius 3 is 1.09 bits per heavy atom. The van der Waals surface area contributed by atoms with Gasteiger partial charge in [0.25, 0.3) is 0 Å². The van der Waals surface area contributed by atoms with Crippen LogP contribution in [-0.2, 0) is 0 Å². The molecule has 0 N–H and O–H groups in total. The van der Waals surface area contributed by atoms with Crippen molar-refractivity contribution in [1.82, 2.24) is 0 Å². The van der Waals surface area contributed by atoms with E-state index in [9.17, 15) is 0 Å². The number of hydrogen-bond donors (Lipinski definition) is 0. The summed E-state index contributed by atoms with van der Waals surface area (Å²) in [4.78, 5) is 0. The fraction of sp³-hybridized carbons (Fsp3) is 0.586. The molecule has 2 rings (SSSR count). The second kappa shape index (κ2) is 10.6. The third-order valence-corrected chi connectivity index (χ3v) is 24.4. The van der Waals surface area contributed by atoms with Crippen molar-refractivity contribution in [3.05, 3.63) is 47.5 Å². The predicted molar refractivity (Wildman–Crippen MR) is 163 cm³/mol. The molecule has 2 aromatic carbocycles. The summed E-state index contributed by atoms with van der Waals surface area (Å²) in [6.07, 6.45) is 0. The van der Waals surface area contributed by atoms with Crippen molar-refractivity contribution in [2.75, 3.05) is 20.0 Å². The second-order valence-corrected chi connectivity index (χ2v) is 24.7. The van der Waals surface area contributed by atoms with Crippen LogP contribution in [0.25, 0.3) is 0 Å². The molecule has 0 heterocycles. The van der Waals surface area contributed by atoms with Gasteiger partial charge in [0.05, 0.1) is 0 Å². The minimum atomic E-state index is -1.64. The molecule has 0 unspecified atom stereocenters. The van der Waals surface area contributed by atoms with Gasteiger partial charge in [-0.1, -0.05) is 0 Å². The molecule has 0 saturated heterocycles. The standard InChI is InChI=1S/C29H51P3/c1-20(2)31(12,21(3)4)28-18-24(9)14-16-26(28)30(11)27-17-15-25(10)19-29(27)32(13,22(5)6)23(7)8/h14-23,31-32H,1-13H3. The van der Waals surface area contributed by atoms with Crippen LogP contribution in [0.1, 0.15) is 66.5 Å². The van der Waals surface area contributed by atoms with E-state index in [-0.39, 0.29) is 0 Å². The minimum absolute atomic E-state index is 0.395. The van der Waals surface area contributed by atoms with E-state index < -0.39 is 22.4 Å². The van der Waals surface area contributed by atoms with Crippen LogP contribution in [0.15, 0.2) is 36.4 Å². The van der Waals surface area contributed by atoms with Gasteiger partial charge in [0.1, 0.15) is 0 Å². The topological polar surface area (TPSA) is 0 Å². The first-order valence-corrected chi connectivity index (χ1v) is 19.7. The number of hydrogen-bond acceptors (Lipinski definition) is 0. The molecule has 0 aliphatic rings. The first-order valence-electron chi connectivity index (χ1n) is 12.6. The Balaban J connectivity index is 2.83. The van der Waals surface area contributed by atoms with Gasteiger partial charge in [-0.2, -0.15) is 0 Å². The molecule has 0 aliphatic carbocycles. The Morgan fingerprint density at radius 1 is 0.562 bits per heavy atom. The van der Waals surface area contributed by atoms with Gasteiger partial charge >= 0.3 is 203 Å². The van der Waals surface area contributed by atoms with Crippen molar-refractivity contribution in [2.45, 2.75) is 91.9 Å². The quantitative estimate of drug-likeness (QED) is 0.348. The molecule has 0 aliphatic heterocycles. The number of rotatable bonds is 8. The van der Waals surface area contributed by atoms with Gasteiger partial charge in [-0.25, -0.2) is 0 Å². The van der Waals surface area contributed by atoms with E-state index in [0.29, 0.717) is 0 Å². The van der Waals surface area contributed by atoms with Crippen molar-refractivity contribution in [3.8, 4) is 0 Å². The summed E-state index contributed by atoms with van der Waals surface area (Å²) in [5, 5.41) is 6.74. The number of aryl methyl sites for hydroxylation is 2. The van der Waals surface area contributed by atoms with E-state index in [2.05, 4.69) is 126 Å². The molecule has 182 valence electrons. The fourth-order valence-electron chi connectivity index (χ4n) is 5.45. The molecule has 0 radical (unpaired) electrons. The zero-order valence-electron chi connectivity index (χ0n) is 23.2. The third kappa shape index (κ3) is 5.05. The van der Waals surface area contributed by atoms with Gasteiger partial charge in [-0.15, -0.1) is 0 Å². The van der Waals surface area contributed by atoms with Crippen LogP contribution < -0.4 is 21.2 Å². The van der Waals surface area contributed by atoms with Gasteiger partial charge in [0, 0.05) is 0 Å². The van der Waals surface area contributed by atoms with Crippen LogP contribution in [0.3, 0.4) is 0 Å². The first-order chi connectivity index (χ1) is 14.7. The molecule has 0 atom stereocenters. The van der Waals surface area contributed by atoms with E-state index in [1.54, 1.807) is 21.2 Å². The van der Waals surface area contributed by atoms with Crippen molar-refractivity contribution < 1.29 is 0 Å². The Labute approximate surface area is 202 Å². The Morgan fingerprint density at radius 2 is 0.844 bits per heavy atom. The summed E-state index contributed by atoms with van der Waals surface area (Å²) >= 11 is 0. The van der Waals surface area contributed by atoms with Gasteiger partial charge in [-0.3, -0.25) is 0 Å². The molecule has 0 spiro atoms. The van der Waals surface area contributed by atoms with Crippen molar-refractivity contribution in [1.29, 1.82) is 0 Å². The summed E-state index contributed by atoms with van der Waals surface area (Å²) in [6, 6.07) is 14.9. The molecular formula is C29H51P3. The number of benzene rings is 2. The maximum absolute atomic E-state index is 2.64. The average Bonchev–Trinajstić information content (AvgIpc) is 2.71. The van der Waals surface area contributed by atoms with E-state index in [0.717, 1.165) is 22.6 Å². The van der Waals surface area contributed by atoms with Gasteiger partial charge in [0.2, 0.25) is 0 Å². The van der Waals surface area contributed by atoms with E-state index >= 15 is 0 Å². The van der Waals surface area contributed by atoms with E-state index in [1.165, 1.54) is 11.1 Å². The summed E-state index contributed by atoms with van der Waals surface area (Å²) in [7, 11) is -3.68. The second-order valence-electron chi connectivity index (χ2n) is 11.8. The average molecular weight is 493 g/mol. The Bertz CT molecular complexity index is 832. The Kier molecular flexibility index (Phi) is 9.23. The van der Waals surface area contributed by atoms with Gasteiger partial charge in [0.15, 0.2) is 0 Å². The van der Waals surface area contributed by atoms with Crippen LogP contribution in [0, 0.1) is 13.8 Å².